The minimum Gasteiger partial charge on any atom is -0.496 e. The molecular formula is C26H25N7O2. The molecule has 0 saturated carbocycles. The van der Waals surface area contributed by atoms with Crippen LogP contribution in [0.15, 0.2) is 42.9 Å². The van der Waals surface area contributed by atoms with Gasteiger partial charge in [-0.2, -0.15) is 0 Å². The molecule has 4 heterocycles. The third kappa shape index (κ3) is 4.42. The highest BCUT2D eigenvalue weighted by Crippen LogP contribution is 2.43. The van der Waals surface area contributed by atoms with Crippen LogP contribution in [0.2, 0.25) is 0 Å². The normalized spacial score (nSPS) is 10.5. The highest BCUT2D eigenvalue weighted by molar-refractivity contribution is 6.10. The molecule has 2 N–H and O–H groups in total. The van der Waals surface area contributed by atoms with Crippen molar-refractivity contribution in [1.29, 1.82) is 5.41 Å². The molecule has 0 aromatic carbocycles. The van der Waals surface area contributed by atoms with Gasteiger partial charge in [-0.1, -0.05) is 5.92 Å². The van der Waals surface area contributed by atoms with Gasteiger partial charge in [-0.25, -0.2) is 15.0 Å². The van der Waals surface area contributed by atoms with Gasteiger partial charge in [0.15, 0.2) is 0 Å². The van der Waals surface area contributed by atoms with Gasteiger partial charge >= 0.3 is 6.01 Å². The second-order valence-electron chi connectivity index (χ2n) is 7.76. The zero-order chi connectivity index (χ0) is 25.1. The molecule has 0 amide bonds. The van der Waals surface area contributed by atoms with Crippen LogP contribution in [0.5, 0.6) is 17.5 Å². The molecule has 0 radical (unpaired) electrons. The first kappa shape index (κ1) is 23.4. The Morgan fingerprint density at radius 1 is 1.17 bits per heavy atom. The van der Waals surface area contributed by atoms with Crippen molar-refractivity contribution in [3.8, 4) is 52.4 Å². The third-order valence-electron chi connectivity index (χ3n) is 5.47. The minimum atomic E-state index is 0.248. The lowest BCUT2D eigenvalue weighted by Crippen LogP contribution is -2.03. The van der Waals surface area contributed by atoms with Crippen LogP contribution in [0.4, 0.5) is 5.82 Å². The standard InChI is InChI=1S/C26H25N7O2/c1-7-17-12-21(34-6)19(14-30-17)24-23(22(16(3)27)25(28-4)33(24)5)20-9-8-18(13-31-20)35-26-29-11-10-15(2)32-26/h1,8-14,27-28H,2-6H3. The van der Waals surface area contributed by atoms with E-state index < -0.39 is 0 Å². The van der Waals surface area contributed by atoms with E-state index in [0.29, 0.717) is 28.6 Å². The van der Waals surface area contributed by atoms with E-state index in [1.807, 2.05) is 31.7 Å². The van der Waals surface area contributed by atoms with Crippen LogP contribution in [-0.2, 0) is 7.05 Å². The molecule has 35 heavy (non-hydrogen) atoms. The predicted octanol–water partition coefficient (Wildman–Crippen LogP) is 4.46. The van der Waals surface area contributed by atoms with E-state index in [2.05, 4.69) is 31.2 Å². The number of hydrogen-bond acceptors (Lipinski definition) is 8. The average Bonchev–Trinajstić information content (AvgIpc) is 3.16. The van der Waals surface area contributed by atoms with Gasteiger partial charge in [0, 0.05) is 55.1 Å². The number of methoxy groups -OCH3 is 1. The van der Waals surface area contributed by atoms with Crippen LogP contribution in [0.25, 0.3) is 22.5 Å². The van der Waals surface area contributed by atoms with E-state index in [1.54, 1.807) is 50.8 Å². The maximum absolute atomic E-state index is 8.52. The summed E-state index contributed by atoms with van der Waals surface area (Å²) in [5.74, 6) is 4.37. The van der Waals surface area contributed by atoms with E-state index in [4.69, 9.17) is 21.3 Å². The zero-order valence-electron chi connectivity index (χ0n) is 20.2. The number of nitrogens with zero attached hydrogens (tertiary/aromatic N) is 5. The van der Waals surface area contributed by atoms with Gasteiger partial charge in [-0.05, 0) is 32.0 Å². The summed E-state index contributed by atoms with van der Waals surface area (Å²) in [6.07, 6.45) is 10.5. The van der Waals surface area contributed by atoms with E-state index in [-0.39, 0.29) is 6.01 Å². The van der Waals surface area contributed by atoms with E-state index in [9.17, 15) is 0 Å². The highest BCUT2D eigenvalue weighted by Gasteiger charge is 2.27. The van der Waals surface area contributed by atoms with Crippen molar-refractivity contribution in [1.82, 2.24) is 24.5 Å². The average molecular weight is 468 g/mol. The molecule has 4 aromatic rings. The monoisotopic (exact) mass is 467 g/mol. The summed E-state index contributed by atoms with van der Waals surface area (Å²) in [6.45, 7) is 3.61. The van der Waals surface area contributed by atoms with Gasteiger partial charge in [0.2, 0.25) is 0 Å². The van der Waals surface area contributed by atoms with Crippen LogP contribution in [0.3, 0.4) is 0 Å². The largest absolute Gasteiger partial charge is 0.496 e. The molecule has 0 unspecified atom stereocenters. The summed E-state index contributed by atoms with van der Waals surface area (Å²) in [4.78, 5) is 17.4. The second kappa shape index (κ2) is 9.65. The van der Waals surface area contributed by atoms with Gasteiger partial charge in [-0.15, -0.1) is 6.42 Å². The summed E-state index contributed by atoms with van der Waals surface area (Å²) < 4.78 is 13.4. The third-order valence-corrected chi connectivity index (χ3v) is 5.47. The molecule has 9 nitrogen and oxygen atoms in total. The first-order chi connectivity index (χ1) is 16.9. The molecular weight excluding hydrogens is 442 g/mol. The Labute approximate surface area is 203 Å². The summed E-state index contributed by atoms with van der Waals surface area (Å²) in [7, 11) is 5.32. The van der Waals surface area contributed by atoms with Gasteiger partial charge < -0.3 is 24.8 Å². The van der Waals surface area contributed by atoms with Crippen molar-refractivity contribution < 1.29 is 9.47 Å². The van der Waals surface area contributed by atoms with Crippen LogP contribution in [0, 0.1) is 24.7 Å². The molecule has 0 aliphatic heterocycles. The molecule has 176 valence electrons. The van der Waals surface area contributed by atoms with Gasteiger partial charge in [-0.3, -0.25) is 4.98 Å². The lowest BCUT2D eigenvalue weighted by Gasteiger charge is -2.13. The Bertz CT molecular complexity index is 1450. The maximum atomic E-state index is 8.52. The fourth-order valence-electron chi connectivity index (χ4n) is 3.94. The summed E-state index contributed by atoms with van der Waals surface area (Å²) in [5.41, 5.74) is 5.30. The molecule has 0 aliphatic rings. The van der Waals surface area contributed by atoms with Crippen LogP contribution >= 0.6 is 0 Å². The Hall–Kier alpha value is -4.71. The van der Waals surface area contributed by atoms with Crippen molar-refractivity contribution in [2.45, 2.75) is 13.8 Å². The summed E-state index contributed by atoms with van der Waals surface area (Å²) >= 11 is 0. The fourth-order valence-corrected chi connectivity index (χ4v) is 3.94. The number of pyridine rings is 2. The quantitative estimate of drug-likeness (QED) is 0.305. The first-order valence-electron chi connectivity index (χ1n) is 10.8. The van der Waals surface area contributed by atoms with Crippen molar-refractivity contribution in [3.05, 3.63) is 59.8 Å². The Kier molecular flexibility index (Phi) is 6.46. The van der Waals surface area contributed by atoms with Gasteiger partial charge in [0.05, 0.1) is 30.3 Å². The highest BCUT2D eigenvalue weighted by atomic mass is 16.5. The number of hydrogen-bond donors (Lipinski definition) is 2. The molecule has 9 heteroatoms. The van der Waals surface area contributed by atoms with Crippen molar-refractivity contribution in [2.24, 2.45) is 7.05 Å². The number of rotatable bonds is 7. The molecule has 4 aromatic heterocycles. The van der Waals surface area contributed by atoms with E-state index >= 15 is 0 Å². The molecule has 0 spiro atoms. The Morgan fingerprint density at radius 2 is 1.97 bits per heavy atom. The predicted molar refractivity (Wildman–Crippen MR) is 135 cm³/mol. The summed E-state index contributed by atoms with van der Waals surface area (Å²) in [6, 6.07) is 7.40. The number of terminal acetylenes is 1. The van der Waals surface area contributed by atoms with Gasteiger partial charge in [0.25, 0.3) is 0 Å². The number of anilines is 1. The Balaban J connectivity index is 1.89. The SMILES string of the molecule is C#Cc1cc(OC)c(-c2c(-c3ccc(Oc4nccc(C)n4)cn3)c(C(C)=N)c(NC)n2C)cn1. The molecule has 0 aliphatic carbocycles. The first-order valence-corrected chi connectivity index (χ1v) is 10.8. The van der Waals surface area contributed by atoms with Crippen LogP contribution in [-0.4, -0.2) is 44.4 Å². The topological polar surface area (TPSA) is 111 Å². The lowest BCUT2D eigenvalue weighted by atomic mass is 9.99. The van der Waals surface area contributed by atoms with Crippen LogP contribution < -0.4 is 14.8 Å². The maximum Gasteiger partial charge on any atom is 0.322 e. The molecule has 0 atom stereocenters. The number of aromatic nitrogens is 5. The van der Waals surface area contributed by atoms with E-state index in [0.717, 1.165) is 33.9 Å². The molecule has 4 rings (SSSR count). The van der Waals surface area contributed by atoms with E-state index in [1.165, 1.54) is 0 Å². The Morgan fingerprint density at radius 3 is 2.57 bits per heavy atom. The number of ether oxygens (including phenoxy) is 2. The number of nitrogens with one attached hydrogen (secondary N) is 2. The van der Waals surface area contributed by atoms with Crippen molar-refractivity contribution >= 4 is 11.5 Å². The molecule has 0 fully saturated rings. The van der Waals surface area contributed by atoms with Gasteiger partial charge in [0.1, 0.15) is 23.0 Å². The van der Waals surface area contributed by atoms with Crippen molar-refractivity contribution in [3.63, 3.8) is 0 Å². The summed E-state index contributed by atoms with van der Waals surface area (Å²) in [5, 5.41) is 11.7. The lowest BCUT2D eigenvalue weighted by molar-refractivity contribution is 0.415. The smallest absolute Gasteiger partial charge is 0.322 e. The zero-order valence-corrected chi connectivity index (χ0v) is 20.2. The molecule has 0 saturated heterocycles. The fraction of sp³-hybridized carbons (Fsp3) is 0.192. The molecule has 0 bridgehead atoms. The minimum absolute atomic E-state index is 0.248. The van der Waals surface area contributed by atoms with Crippen LogP contribution in [0.1, 0.15) is 23.9 Å². The second-order valence-corrected chi connectivity index (χ2v) is 7.76. The van der Waals surface area contributed by atoms with Crippen molar-refractivity contribution in [2.75, 3.05) is 19.5 Å². The number of aryl methyl sites for hydroxylation is 1.